The molecule has 0 aliphatic carbocycles. The van der Waals surface area contributed by atoms with Gasteiger partial charge >= 0.3 is 0 Å². The molecule has 0 radical (unpaired) electrons. The van der Waals surface area contributed by atoms with Crippen LogP contribution in [0.25, 0.3) is 0 Å². The van der Waals surface area contributed by atoms with E-state index >= 15 is 0 Å². The number of amides is 2. The number of nitrogens with zero attached hydrogens (tertiary/aromatic N) is 1. The molecule has 0 spiro atoms. The van der Waals surface area contributed by atoms with Gasteiger partial charge in [0.05, 0.1) is 11.2 Å². The Morgan fingerprint density at radius 3 is 2.42 bits per heavy atom. The van der Waals surface area contributed by atoms with Gasteiger partial charge in [0.2, 0.25) is 11.8 Å². The Kier molecular flexibility index (Phi) is 6.78. The van der Waals surface area contributed by atoms with E-state index in [1.807, 2.05) is 18.2 Å². The zero-order valence-electron chi connectivity index (χ0n) is 12.6. The second-order valence-corrected chi connectivity index (χ2v) is 5.72. The van der Waals surface area contributed by atoms with Gasteiger partial charge in [0.25, 0.3) is 0 Å². The number of rotatable bonds is 6. The molecular weight excluding hydrogens is 349 g/mol. The van der Waals surface area contributed by atoms with Crippen molar-refractivity contribution in [1.82, 2.24) is 5.43 Å². The Bertz CT molecular complexity index is 749. The number of nitrogens with one attached hydrogen (secondary N) is 2. The van der Waals surface area contributed by atoms with Crippen LogP contribution < -0.4 is 10.7 Å². The van der Waals surface area contributed by atoms with Crippen molar-refractivity contribution >= 4 is 46.9 Å². The fraction of sp³-hybridized carbons (Fsp3) is 0.118. The van der Waals surface area contributed by atoms with Gasteiger partial charge in [0.1, 0.15) is 0 Å². The van der Waals surface area contributed by atoms with E-state index < -0.39 is 0 Å². The topological polar surface area (TPSA) is 70.6 Å². The zero-order chi connectivity index (χ0) is 17.4. The van der Waals surface area contributed by atoms with Crippen LogP contribution >= 0.6 is 23.2 Å². The van der Waals surface area contributed by atoms with Crippen LogP contribution in [0.3, 0.4) is 0 Å². The molecule has 0 aliphatic rings. The van der Waals surface area contributed by atoms with E-state index in [2.05, 4.69) is 15.8 Å². The lowest BCUT2D eigenvalue weighted by atomic mass is 10.2. The van der Waals surface area contributed by atoms with E-state index in [1.165, 1.54) is 6.21 Å². The highest BCUT2D eigenvalue weighted by molar-refractivity contribution is 6.36. The molecule has 2 amide bonds. The Morgan fingerprint density at radius 1 is 1.00 bits per heavy atom. The maximum absolute atomic E-state index is 11.7. The zero-order valence-corrected chi connectivity index (χ0v) is 14.1. The minimum Gasteiger partial charge on any atom is -0.326 e. The van der Waals surface area contributed by atoms with Crippen LogP contribution in [0.4, 0.5) is 5.69 Å². The van der Waals surface area contributed by atoms with Gasteiger partial charge in [0.15, 0.2) is 0 Å². The van der Waals surface area contributed by atoms with Crippen molar-refractivity contribution in [2.45, 2.75) is 12.8 Å². The summed E-state index contributed by atoms with van der Waals surface area (Å²) in [6.45, 7) is 0. The summed E-state index contributed by atoms with van der Waals surface area (Å²) in [7, 11) is 0. The molecule has 0 aliphatic heterocycles. The Hall–Kier alpha value is -2.37. The number of para-hydroxylation sites is 1. The maximum Gasteiger partial charge on any atom is 0.240 e. The second-order valence-electron chi connectivity index (χ2n) is 4.87. The molecule has 2 aromatic carbocycles. The van der Waals surface area contributed by atoms with E-state index in [0.29, 0.717) is 21.3 Å². The number of halogens is 2. The Balaban J connectivity index is 1.75. The highest BCUT2D eigenvalue weighted by Gasteiger charge is 2.06. The van der Waals surface area contributed by atoms with E-state index in [0.717, 1.165) is 0 Å². The van der Waals surface area contributed by atoms with Crippen molar-refractivity contribution in [3.8, 4) is 0 Å². The molecule has 0 saturated carbocycles. The predicted molar refractivity (Wildman–Crippen MR) is 96.5 cm³/mol. The first-order valence-corrected chi connectivity index (χ1v) is 7.92. The van der Waals surface area contributed by atoms with Crippen molar-refractivity contribution in [3.63, 3.8) is 0 Å². The smallest absolute Gasteiger partial charge is 0.240 e. The van der Waals surface area contributed by atoms with Crippen LogP contribution in [0.5, 0.6) is 0 Å². The van der Waals surface area contributed by atoms with E-state index in [4.69, 9.17) is 23.2 Å². The quantitative estimate of drug-likeness (QED) is 0.604. The molecule has 5 nitrogen and oxygen atoms in total. The van der Waals surface area contributed by atoms with Gasteiger partial charge < -0.3 is 5.32 Å². The number of anilines is 1. The third kappa shape index (κ3) is 6.02. The first-order chi connectivity index (χ1) is 11.5. The number of hydrazone groups is 1. The minimum absolute atomic E-state index is 0.0321. The molecule has 0 aromatic heterocycles. The van der Waals surface area contributed by atoms with E-state index in [1.54, 1.807) is 30.3 Å². The van der Waals surface area contributed by atoms with Crippen molar-refractivity contribution < 1.29 is 9.59 Å². The van der Waals surface area contributed by atoms with Gasteiger partial charge in [-0.2, -0.15) is 5.10 Å². The Morgan fingerprint density at radius 2 is 1.71 bits per heavy atom. The van der Waals surface area contributed by atoms with Gasteiger partial charge in [-0.3, -0.25) is 9.59 Å². The van der Waals surface area contributed by atoms with E-state index in [9.17, 15) is 9.59 Å². The summed E-state index contributed by atoms with van der Waals surface area (Å²) in [5.74, 6) is -0.597. The first-order valence-electron chi connectivity index (χ1n) is 7.16. The third-order valence-electron chi connectivity index (χ3n) is 2.99. The predicted octanol–water partition coefficient (Wildman–Crippen LogP) is 3.86. The van der Waals surface area contributed by atoms with Crippen molar-refractivity contribution in [2.75, 3.05) is 5.32 Å². The highest BCUT2D eigenvalue weighted by Crippen LogP contribution is 2.19. The maximum atomic E-state index is 11.7. The summed E-state index contributed by atoms with van der Waals surface area (Å²) >= 11 is 11.8. The van der Waals surface area contributed by atoms with Gasteiger partial charge in [-0.1, -0.05) is 47.5 Å². The number of benzene rings is 2. The standard InChI is InChI=1S/C17H15Cl2N3O2/c18-13-7-6-12(15(19)10-13)11-20-22-17(24)9-8-16(23)21-14-4-2-1-3-5-14/h1-7,10-11H,8-9H2,(H,21,23)(H,22,24)/b20-11+. The highest BCUT2D eigenvalue weighted by atomic mass is 35.5. The van der Waals surface area contributed by atoms with Crippen molar-refractivity contribution in [2.24, 2.45) is 5.10 Å². The van der Waals surface area contributed by atoms with E-state index in [-0.39, 0.29) is 24.7 Å². The molecule has 7 heteroatoms. The molecule has 0 bridgehead atoms. The molecule has 2 aromatic rings. The lowest BCUT2D eigenvalue weighted by molar-refractivity contribution is -0.124. The molecule has 0 saturated heterocycles. The summed E-state index contributed by atoms with van der Waals surface area (Å²) < 4.78 is 0. The normalized spacial score (nSPS) is 10.6. The van der Waals surface area contributed by atoms with Crippen molar-refractivity contribution in [1.29, 1.82) is 0 Å². The summed E-state index contributed by atoms with van der Waals surface area (Å²) in [5.41, 5.74) is 3.67. The summed E-state index contributed by atoms with van der Waals surface area (Å²) in [4.78, 5) is 23.4. The Labute approximate surface area is 149 Å². The van der Waals surface area contributed by atoms with Crippen LogP contribution in [-0.4, -0.2) is 18.0 Å². The van der Waals surface area contributed by atoms with Crippen LogP contribution in [-0.2, 0) is 9.59 Å². The fourth-order valence-electron chi connectivity index (χ4n) is 1.81. The molecule has 124 valence electrons. The van der Waals surface area contributed by atoms with Crippen LogP contribution in [0.1, 0.15) is 18.4 Å². The SMILES string of the molecule is O=C(CCC(=O)Nc1ccccc1)N/N=C/c1ccc(Cl)cc1Cl. The van der Waals surface area contributed by atoms with Gasteiger partial charge in [-0.15, -0.1) is 0 Å². The summed E-state index contributed by atoms with van der Waals surface area (Å²) in [6, 6.07) is 14.0. The molecule has 0 fully saturated rings. The molecule has 0 atom stereocenters. The van der Waals surface area contributed by atoms with Gasteiger partial charge in [-0.25, -0.2) is 5.43 Å². The summed E-state index contributed by atoms with van der Waals surface area (Å²) in [5, 5.41) is 7.47. The molecule has 0 unspecified atom stereocenters. The second kappa shape index (κ2) is 9.05. The average Bonchev–Trinajstić information content (AvgIpc) is 2.56. The average molecular weight is 364 g/mol. The lowest BCUT2D eigenvalue weighted by Gasteiger charge is -2.04. The summed E-state index contributed by atoms with van der Waals surface area (Å²) in [6.07, 6.45) is 1.52. The number of hydrogen-bond acceptors (Lipinski definition) is 3. The molecule has 2 N–H and O–H groups in total. The number of carbonyl (C=O) groups excluding carboxylic acids is 2. The first kappa shape index (κ1) is 18.0. The van der Waals surface area contributed by atoms with Gasteiger partial charge in [-0.05, 0) is 24.3 Å². The van der Waals surface area contributed by atoms with Crippen LogP contribution in [0.2, 0.25) is 10.0 Å². The third-order valence-corrected chi connectivity index (χ3v) is 3.55. The van der Waals surface area contributed by atoms with Crippen LogP contribution in [0.15, 0.2) is 53.6 Å². The van der Waals surface area contributed by atoms with Crippen LogP contribution in [0, 0.1) is 0 Å². The number of hydrogen-bond donors (Lipinski definition) is 2. The minimum atomic E-state index is -0.362. The molecule has 2 rings (SSSR count). The van der Waals surface area contributed by atoms with Crippen molar-refractivity contribution in [3.05, 3.63) is 64.1 Å². The number of carbonyl (C=O) groups is 2. The largest absolute Gasteiger partial charge is 0.326 e. The fourth-order valence-corrected chi connectivity index (χ4v) is 2.27. The molecular formula is C17H15Cl2N3O2. The molecule has 24 heavy (non-hydrogen) atoms. The molecule has 0 heterocycles. The van der Waals surface area contributed by atoms with Gasteiger partial charge in [0, 0.05) is 29.1 Å². The lowest BCUT2D eigenvalue weighted by Crippen LogP contribution is -2.20. The monoisotopic (exact) mass is 363 g/mol.